The summed E-state index contributed by atoms with van der Waals surface area (Å²) >= 11 is 0. The molecule has 2 aliphatic heterocycles. The third kappa shape index (κ3) is 4.96. The van der Waals surface area contributed by atoms with Gasteiger partial charge in [-0.1, -0.05) is 18.2 Å². The smallest absolute Gasteiger partial charge is 0.254 e. The maximum Gasteiger partial charge on any atom is 0.254 e. The van der Waals surface area contributed by atoms with Crippen LogP contribution in [0.25, 0.3) is 0 Å². The molecule has 0 spiro atoms. The lowest BCUT2D eigenvalue weighted by Gasteiger charge is -2.41. The number of ether oxygens (including phenoxy) is 3. The molecule has 2 heterocycles. The molecule has 2 aromatic carbocycles. The van der Waals surface area contributed by atoms with E-state index in [-0.39, 0.29) is 11.9 Å². The van der Waals surface area contributed by atoms with E-state index < -0.39 is 0 Å². The highest BCUT2D eigenvalue weighted by Gasteiger charge is 2.33. The lowest BCUT2D eigenvalue weighted by Crippen LogP contribution is -2.52. The maximum absolute atomic E-state index is 13.3. The lowest BCUT2D eigenvalue weighted by molar-refractivity contribution is 0.0517. The van der Waals surface area contributed by atoms with Crippen molar-refractivity contribution in [1.82, 2.24) is 9.80 Å². The number of hydrogen-bond donors (Lipinski definition) is 0. The van der Waals surface area contributed by atoms with Gasteiger partial charge in [0.05, 0.1) is 20.8 Å². The van der Waals surface area contributed by atoms with Gasteiger partial charge >= 0.3 is 0 Å². The highest BCUT2D eigenvalue weighted by Crippen LogP contribution is 2.34. The molecular weight excluding hydrogens is 392 g/mol. The van der Waals surface area contributed by atoms with E-state index in [9.17, 15) is 4.79 Å². The van der Waals surface area contributed by atoms with E-state index in [1.165, 1.54) is 0 Å². The summed E-state index contributed by atoms with van der Waals surface area (Å²) in [5.74, 6) is 2.33. The fourth-order valence-corrected chi connectivity index (χ4v) is 4.66. The maximum atomic E-state index is 13.3. The van der Waals surface area contributed by atoms with E-state index in [2.05, 4.69) is 9.80 Å². The van der Waals surface area contributed by atoms with E-state index in [0.717, 1.165) is 68.7 Å². The predicted octanol–water partition coefficient (Wildman–Crippen LogP) is 3.64. The van der Waals surface area contributed by atoms with Crippen molar-refractivity contribution in [3.8, 4) is 17.2 Å². The Balaban J connectivity index is 1.33. The zero-order valence-corrected chi connectivity index (χ0v) is 18.5. The molecule has 1 fully saturated rings. The topological polar surface area (TPSA) is 51.2 Å². The Kier molecular flexibility index (Phi) is 6.97. The third-order valence-electron chi connectivity index (χ3n) is 6.27. The first-order valence-electron chi connectivity index (χ1n) is 11.2. The number of piperidine rings is 1. The summed E-state index contributed by atoms with van der Waals surface area (Å²) in [4.78, 5) is 17.8. The van der Waals surface area contributed by atoms with Crippen LogP contribution in [-0.2, 0) is 6.42 Å². The second-order valence-corrected chi connectivity index (χ2v) is 8.22. The molecule has 6 heteroatoms. The number of methoxy groups -OCH3 is 2. The first-order chi connectivity index (χ1) is 15.2. The van der Waals surface area contributed by atoms with Gasteiger partial charge in [-0.25, -0.2) is 0 Å². The lowest BCUT2D eigenvalue weighted by atomic mass is 9.94. The molecule has 1 amide bonds. The van der Waals surface area contributed by atoms with Gasteiger partial charge in [0.15, 0.2) is 11.5 Å². The Hall–Kier alpha value is -2.73. The number of carbonyl (C=O) groups excluding carboxylic acids is 1. The average Bonchev–Trinajstić information content (AvgIpc) is 2.82. The van der Waals surface area contributed by atoms with Gasteiger partial charge in [-0.2, -0.15) is 0 Å². The van der Waals surface area contributed by atoms with Crippen molar-refractivity contribution in [3.05, 3.63) is 53.6 Å². The van der Waals surface area contributed by atoms with Crippen LogP contribution in [0.4, 0.5) is 0 Å². The number of amides is 1. The van der Waals surface area contributed by atoms with E-state index in [4.69, 9.17) is 14.2 Å². The molecule has 0 saturated carbocycles. The van der Waals surface area contributed by atoms with Crippen molar-refractivity contribution in [1.29, 1.82) is 0 Å². The van der Waals surface area contributed by atoms with Crippen LogP contribution >= 0.6 is 0 Å². The number of carbonyl (C=O) groups is 1. The van der Waals surface area contributed by atoms with Crippen molar-refractivity contribution in [2.24, 2.45) is 0 Å². The molecule has 1 saturated heterocycles. The largest absolute Gasteiger partial charge is 0.494 e. The number of hydrogen-bond acceptors (Lipinski definition) is 5. The molecule has 2 aromatic rings. The van der Waals surface area contributed by atoms with Gasteiger partial charge in [-0.05, 0) is 62.1 Å². The fourth-order valence-electron chi connectivity index (χ4n) is 4.66. The fraction of sp³-hybridized carbons (Fsp3) is 0.480. The summed E-state index contributed by atoms with van der Waals surface area (Å²) < 4.78 is 16.6. The summed E-state index contributed by atoms with van der Waals surface area (Å²) in [6.45, 7) is 4.48. The molecule has 166 valence electrons. The van der Waals surface area contributed by atoms with Crippen molar-refractivity contribution < 1.29 is 19.0 Å². The Morgan fingerprint density at radius 2 is 1.81 bits per heavy atom. The molecule has 0 aliphatic carbocycles. The average molecular weight is 425 g/mol. The molecule has 0 aromatic heterocycles. The Morgan fingerprint density at radius 3 is 2.58 bits per heavy atom. The van der Waals surface area contributed by atoms with Gasteiger partial charge < -0.3 is 24.0 Å². The van der Waals surface area contributed by atoms with Gasteiger partial charge in [-0.3, -0.25) is 4.79 Å². The third-order valence-corrected chi connectivity index (χ3v) is 6.27. The minimum atomic E-state index is 0.112. The summed E-state index contributed by atoms with van der Waals surface area (Å²) in [6.07, 6.45) is 4.01. The van der Waals surface area contributed by atoms with Crippen LogP contribution in [0.3, 0.4) is 0 Å². The van der Waals surface area contributed by atoms with Crippen LogP contribution in [0.5, 0.6) is 17.2 Å². The Labute approximate surface area is 184 Å². The SMILES string of the molecule is COc1cc2c(cc1OC)C(=O)N(C1CCCN(CCCOc3ccccc3)C1)CC2. The second-order valence-electron chi connectivity index (χ2n) is 8.22. The van der Waals surface area contributed by atoms with Crippen molar-refractivity contribution >= 4 is 5.91 Å². The quantitative estimate of drug-likeness (QED) is 0.606. The minimum Gasteiger partial charge on any atom is -0.494 e. The first kappa shape index (κ1) is 21.5. The van der Waals surface area contributed by atoms with Crippen LogP contribution in [0.2, 0.25) is 0 Å². The number of benzene rings is 2. The molecule has 0 N–H and O–H groups in total. The summed E-state index contributed by atoms with van der Waals surface area (Å²) in [6, 6.07) is 14.0. The normalized spacial score (nSPS) is 19.1. The molecule has 1 atom stereocenters. The zero-order valence-electron chi connectivity index (χ0n) is 18.5. The van der Waals surface area contributed by atoms with Gasteiger partial charge in [-0.15, -0.1) is 0 Å². The van der Waals surface area contributed by atoms with Crippen molar-refractivity contribution in [3.63, 3.8) is 0 Å². The van der Waals surface area contributed by atoms with Gasteiger partial charge in [0, 0.05) is 31.2 Å². The van der Waals surface area contributed by atoms with Crippen LogP contribution < -0.4 is 14.2 Å². The molecule has 0 radical (unpaired) electrons. The minimum absolute atomic E-state index is 0.112. The number of rotatable bonds is 8. The molecule has 4 rings (SSSR count). The van der Waals surface area contributed by atoms with Crippen LogP contribution in [0, 0.1) is 0 Å². The highest BCUT2D eigenvalue weighted by molar-refractivity contribution is 5.97. The highest BCUT2D eigenvalue weighted by atomic mass is 16.5. The number of fused-ring (bicyclic) bond motifs is 1. The van der Waals surface area contributed by atoms with Gasteiger partial charge in [0.25, 0.3) is 5.91 Å². The number of likely N-dealkylation sites (tertiary alicyclic amines) is 1. The van der Waals surface area contributed by atoms with Gasteiger partial charge in [0.2, 0.25) is 0 Å². The van der Waals surface area contributed by atoms with Crippen molar-refractivity contribution in [2.75, 3.05) is 47.0 Å². The van der Waals surface area contributed by atoms with Crippen LogP contribution in [0.15, 0.2) is 42.5 Å². The molecule has 0 bridgehead atoms. The summed E-state index contributed by atoms with van der Waals surface area (Å²) in [5.41, 5.74) is 1.79. The van der Waals surface area contributed by atoms with E-state index in [1.54, 1.807) is 14.2 Å². The molecule has 2 aliphatic rings. The molecule has 6 nitrogen and oxygen atoms in total. The Bertz CT molecular complexity index is 887. The first-order valence-corrected chi connectivity index (χ1v) is 11.2. The second kappa shape index (κ2) is 10.1. The van der Waals surface area contributed by atoms with E-state index in [0.29, 0.717) is 18.1 Å². The van der Waals surface area contributed by atoms with Crippen molar-refractivity contribution in [2.45, 2.75) is 31.7 Å². The summed E-state index contributed by atoms with van der Waals surface area (Å²) in [5, 5.41) is 0. The standard InChI is InChI=1S/C25H32N2O4/c1-29-23-16-19-11-14-27(25(28)22(19)17-24(23)30-2)20-8-6-12-26(18-20)13-7-15-31-21-9-4-3-5-10-21/h3-5,9-10,16-17,20H,6-8,11-15,18H2,1-2H3. The zero-order chi connectivity index (χ0) is 21.6. The van der Waals surface area contributed by atoms with Crippen LogP contribution in [0.1, 0.15) is 35.2 Å². The summed E-state index contributed by atoms with van der Waals surface area (Å²) in [7, 11) is 3.23. The van der Waals surface area contributed by atoms with Crippen LogP contribution in [-0.4, -0.2) is 68.8 Å². The molecule has 1 unspecified atom stereocenters. The van der Waals surface area contributed by atoms with E-state index in [1.807, 2.05) is 42.5 Å². The van der Waals surface area contributed by atoms with Gasteiger partial charge in [0.1, 0.15) is 5.75 Å². The Morgan fingerprint density at radius 1 is 1.03 bits per heavy atom. The van der Waals surface area contributed by atoms with E-state index >= 15 is 0 Å². The number of nitrogens with zero attached hydrogens (tertiary/aromatic N) is 2. The molecule has 31 heavy (non-hydrogen) atoms. The predicted molar refractivity (Wildman–Crippen MR) is 120 cm³/mol. The molecular formula is C25H32N2O4. The number of para-hydroxylation sites is 1. The monoisotopic (exact) mass is 424 g/mol.